The van der Waals surface area contributed by atoms with Gasteiger partial charge in [-0.25, -0.2) is 0 Å². The molecule has 2 N–H and O–H groups in total. The molecule has 0 radical (unpaired) electrons. The van der Waals surface area contributed by atoms with E-state index in [2.05, 4.69) is 0 Å². The molecule has 3 heteroatoms. The first-order chi connectivity index (χ1) is 6.43. The molecule has 0 aliphatic rings. The largest absolute Gasteiger partial charge is 0.504 e. The van der Waals surface area contributed by atoms with E-state index in [1.165, 1.54) is 13.0 Å². The van der Waals surface area contributed by atoms with Crippen molar-refractivity contribution >= 4 is 5.78 Å². The Kier molecular flexibility index (Phi) is 2.79. The van der Waals surface area contributed by atoms with Gasteiger partial charge in [0.2, 0.25) is 0 Å². The summed E-state index contributed by atoms with van der Waals surface area (Å²) in [5, 5.41) is 18.8. The van der Waals surface area contributed by atoms with E-state index in [0.717, 1.165) is 11.1 Å². The maximum Gasteiger partial charge on any atom is 0.160 e. The zero-order valence-corrected chi connectivity index (χ0v) is 8.59. The lowest BCUT2D eigenvalue weighted by Crippen LogP contribution is -2.00. The maximum atomic E-state index is 10.9. The molecule has 0 saturated carbocycles. The highest BCUT2D eigenvalue weighted by Crippen LogP contribution is 2.33. The highest BCUT2D eigenvalue weighted by Gasteiger charge is 2.11. The van der Waals surface area contributed by atoms with Crippen molar-refractivity contribution in [3.63, 3.8) is 0 Å². The van der Waals surface area contributed by atoms with Crippen LogP contribution in [0, 0.1) is 13.8 Å². The summed E-state index contributed by atoms with van der Waals surface area (Å²) < 4.78 is 0. The number of rotatable bonds is 2. The number of Topliss-reactive ketones (excluding diaryl/α,β-unsaturated/α-hetero) is 1. The van der Waals surface area contributed by atoms with Gasteiger partial charge in [0.25, 0.3) is 0 Å². The monoisotopic (exact) mass is 194 g/mol. The molecule has 3 nitrogen and oxygen atoms in total. The molecule has 0 bridgehead atoms. The van der Waals surface area contributed by atoms with Crippen LogP contribution in [-0.4, -0.2) is 16.0 Å². The number of hydrogen-bond acceptors (Lipinski definition) is 3. The van der Waals surface area contributed by atoms with Gasteiger partial charge in [0.05, 0.1) is 0 Å². The third-order valence-electron chi connectivity index (χ3n) is 2.39. The summed E-state index contributed by atoms with van der Waals surface area (Å²) in [6.07, 6.45) is 0.292. The summed E-state index contributed by atoms with van der Waals surface area (Å²) in [6.45, 7) is 5.04. The molecule has 0 aliphatic carbocycles. The van der Waals surface area contributed by atoms with Crippen LogP contribution in [0.2, 0.25) is 0 Å². The number of aromatic hydroxyl groups is 2. The van der Waals surface area contributed by atoms with Gasteiger partial charge in [0.1, 0.15) is 5.78 Å². The Bertz CT molecular complexity index is 381. The van der Waals surface area contributed by atoms with Gasteiger partial charge < -0.3 is 10.2 Å². The Balaban J connectivity index is 3.25. The van der Waals surface area contributed by atoms with Crippen LogP contribution in [0.1, 0.15) is 23.6 Å². The molecule has 76 valence electrons. The molecule has 14 heavy (non-hydrogen) atoms. The summed E-state index contributed by atoms with van der Waals surface area (Å²) >= 11 is 0. The molecule has 0 fully saturated rings. The van der Waals surface area contributed by atoms with Gasteiger partial charge in [-0.15, -0.1) is 0 Å². The van der Waals surface area contributed by atoms with Crippen molar-refractivity contribution in [2.75, 3.05) is 0 Å². The molecule has 1 aromatic rings. The van der Waals surface area contributed by atoms with E-state index in [9.17, 15) is 15.0 Å². The number of carbonyl (C=O) groups excluding carboxylic acids is 1. The van der Waals surface area contributed by atoms with E-state index in [1.54, 1.807) is 6.92 Å². The van der Waals surface area contributed by atoms with E-state index < -0.39 is 0 Å². The van der Waals surface area contributed by atoms with Gasteiger partial charge in [0.15, 0.2) is 11.5 Å². The summed E-state index contributed by atoms with van der Waals surface area (Å²) in [4.78, 5) is 10.9. The topological polar surface area (TPSA) is 57.5 Å². The van der Waals surface area contributed by atoms with Gasteiger partial charge in [-0.05, 0) is 43.5 Å². The summed E-state index contributed by atoms with van der Waals surface area (Å²) in [7, 11) is 0. The highest BCUT2D eigenvalue weighted by atomic mass is 16.3. The SMILES string of the molecule is CC(=O)Cc1cc(O)c(O)c(C)c1C. The van der Waals surface area contributed by atoms with Crippen molar-refractivity contribution in [2.24, 2.45) is 0 Å². The summed E-state index contributed by atoms with van der Waals surface area (Å²) in [6, 6.07) is 1.44. The third kappa shape index (κ3) is 1.87. The van der Waals surface area contributed by atoms with Crippen molar-refractivity contribution in [1.29, 1.82) is 0 Å². The van der Waals surface area contributed by atoms with Crippen molar-refractivity contribution < 1.29 is 15.0 Å². The number of hydrogen-bond donors (Lipinski definition) is 2. The molecule has 0 heterocycles. The van der Waals surface area contributed by atoms with Crippen LogP contribution in [0.5, 0.6) is 11.5 Å². The Morgan fingerprint density at radius 3 is 2.36 bits per heavy atom. The van der Waals surface area contributed by atoms with Gasteiger partial charge in [0, 0.05) is 6.42 Å². The third-order valence-corrected chi connectivity index (χ3v) is 2.39. The standard InChI is InChI=1S/C11H14O3/c1-6(12)4-9-5-10(13)11(14)8(3)7(9)2/h5,13-14H,4H2,1-3H3. The molecule has 0 amide bonds. The zero-order chi connectivity index (χ0) is 10.9. The zero-order valence-electron chi connectivity index (χ0n) is 8.59. The molecule has 0 spiro atoms. The first-order valence-electron chi connectivity index (χ1n) is 4.44. The smallest absolute Gasteiger partial charge is 0.160 e. The van der Waals surface area contributed by atoms with Crippen LogP contribution >= 0.6 is 0 Å². The maximum absolute atomic E-state index is 10.9. The molecule has 1 rings (SSSR count). The lowest BCUT2D eigenvalue weighted by molar-refractivity contribution is -0.116. The van der Waals surface area contributed by atoms with E-state index in [0.29, 0.717) is 12.0 Å². The average Bonchev–Trinajstić information content (AvgIpc) is 2.10. The number of ketones is 1. The molecule has 0 saturated heterocycles. The van der Waals surface area contributed by atoms with Crippen molar-refractivity contribution in [3.05, 3.63) is 22.8 Å². The predicted molar refractivity (Wildman–Crippen MR) is 53.6 cm³/mol. The second-order valence-electron chi connectivity index (χ2n) is 3.53. The minimum atomic E-state index is -0.163. The number of phenols is 2. The fraction of sp³-hybridized carbons (Fsp3) is 0.364. The van der Waals surface area contributed by atoms with E-state index in [-0.39, 0.29) is 17.3 Å². The Hall–Kier alpha value is -1.51. The van der Waals surface area contributed by atoms with Crippen LogP contribution in [0.3, 0.4) is 0 Å². The van der Waals surface area contributed by atoms with Crippen LogP contribution in [-0.2, 0) is 11.2 Å². The first kappa shape index (κ1) is 10.6. The Morgan fingerprint density at radius 2 is 1.86 bits per heavy atom. The van der Waals surface area contributed by atoms with Gasteiger partial charge in [-0.2, -0.15) is 0 Å². The highest BCUT2D eigenvalue weighted by molar-refractivity contribution is 5.79. The van der Waals surface area contributed by atoms with Crippen molar-refractivity contribution in [3.8, 4) is 11.5 Å². The fourth-order valence-electron chi connectivity index (χ4n) is 1.40. The fourth-order valence-corrected chi connectivity index (χ4v) is 1.40. The molecule has 0 atom stereocenters. The number of phenolic OH excluding ortho intramolecular Hbond substituents is 2. The first-order valence-corrected chi connectivity index (χ1v) is 4.44. The van der Waals surface area contributed by atoms with E-state index in [1.807, 2.05) is 6.92 Å². The Morgan fingerprint density at radius 1 is 1.29 bits per heavy atom. The minimum Gasteiger partial charge on any atom is -0.504 e. The van der Waals surface area contributed by atoms with Crippen molar-refractivity contribution in [2.45, 2.75) is 27.2 Å². The molecule has 0 aromatic heterocycles. The van der Waals surface area contributed by atoms with E-state index in [4.69, 9.17) is 0 Å². The van der Waals surface area contributed by atoms with Gasteiger partial charge in [-0.1, -0.05) is 0 Å². The lowest BCUT2D eigenvalue weighted by Gasteiger charge is -2.10. The van der Waals surface area contributed by atoms with E-state index >= 15 is 0 Å². The predicted octanol–water partition coefficient (Wildman–Crippen LogP) is 1.85. The molecule has 0 unspecified atom stereocenters. The van der Waals surface area contributed by atoms with Crippen LogP contribution < -0.4 is 0 Å². The average molecular weight is 194 g/mol. The normalized spacial score (nSPS) is 10.2. The number of carbonyl (C=O) groups is 1. The summed E-state index contributed by atoms with van der Waals surface area (Å²) in [5.74, 6) is -0.225. The van der Waals surface area contributed by atoms with Crippen LogP contribution in [0.15, 0.2) is 6.07 Å². The van der Waals surface area contributed by atoms with Gasteiger partial charge in [-0.3, -0.25) is 4.79 Å². The Labute approximate surface area is 83.0 Å². The molecular weight excluding hydrogens is 180 g/mol. The minimum absolute atomic E-state index is 0.0394. The quantitative estimate of drug-likeness (QED) is 0.706. The lowest BCUT2D eigenvalue weighted by atomic mass is 9.98. The number of benzene rings is 1. The molecule has 1 aromatic carbocycles. The van der Waals surface area contributed by atoms with Gasteiger partial charge >= 0.3 is 0 Å². The summed E-state index contributed by atoms with van der Waals surface area (Å²) in [5.41, 5.74) is 2.25. The van der Waals surface area contributed by atoms with Crippen LogP contribution in [0.25, 0.3) is 0 Å². The molecular formula is C11H14O3. The second kappa shape index (κ2) is 3.70. The second-order valence-corrected chi connectivity index (χ2v) is 3.53. The van der Waals surface area contributed by atoms with Crippen LogP contribution in [0.4, 0.5) is 0 Å². The van der Waals surface area contributed by atoms with Crippen molar-refractivity contribution in [1.82, 2.24) is 0 Å². The molecule has 0 aliphatic heterocycles.